The van der Waals surface area contributed by atoms with Gasteiger partial charge >= 0.3 is 0 Å². The monoisotopic (exact) mass is 675 g/mol. The Hall–Kier alpha value is -7.17. The molecule has 0 atom stereocenters. The average Bonchev–Trinajstić information content (AvgIpc) is 3.62. The molecule has 11 aromatic rings. The highest BCUT2D eigenvalue weighted by molar-refractivity contribution is 6.29. The minimum Gasteiger partial charge on any atom is -0.456 e. The third-order valence-corrected chi connectivity index (χ3v) is 10.5. The molecule has 4 heterocycles. The van der Waals surface area contributed by atoms with E-state index >= 15 is 0 Å². The topological polar surface area (TPSA) is 51.8 Å². The van der Waals surface area contributed by atoms with Gasteiger partial charge in [-0.15, -0.1) is 0 Å². The summed E-state index contributed by atoms with van der Waals surface area (Å²) in [7, 11) is 0. The van der Waals surface area contributed by atoms with Crippen LogP contribution in [0.4, 0.5) is 0 Å². The molecule has 53 heavy (non-hydrogen) atoms. The molecule has 4 heteroatoms. The molecule has 4 aromatic heterocycles. The lowest BCUT2D eigenvalue weighted by atomic mass is 9.93. The fraction of sp³-hybridized carbons (Fsp3) is 0. The van der Waals surface area contributed by atoms with Gasteiger partial charge in [-0.2, -0.15) is 0 Å². The predicted octanol–water partition coefficient (Wildman–Crippen LogP) is 13.1. The maximum atomic E-state index is 6.37. The van der Waals surface area contributed by atoms with Gasteiger partial charge < -0.3 is 4.42 Å². The molecule has 11 rings (SSSR count). The fourth-order valence-corrected chi connectivity index (χ4v) is 7.90. The molecule has 246 valence electrons. The van der Waals surface area contributed by atoms with Gasteiger partial charge in [-0.1, -0.05) is 146 Å². The zero-order valence-electron chi connectivity index (χ0n) is 28.5. The minimum absolute atomic E-state index is 0.877. The van der Waals surface area contributed by atoms with Crippen LogP contribution in [0.3, 0.4) is 0 Å². The smallest absolute Gasteiger partial charge is 0.136 e. The first-order chi connectivity index (χ1) is 26.3. The van der Waals surface area contributed by atoms with Crippen molar-refractivity contribution in [2.75, 3.05) is 0 Å². The van der Waals surface area contributed by atoms with Crippen LogP contribution in [0.2, 0.25) is 0 Å². The van der Waals surface area contributed by atoms with E-state index in [4.69, 9.17) is 19.4 Å². The molecular weight excluding hydrogens is 647 g/mol. The molecule has 7 aromatic carbocycles. The Balaban J connectivity index is 1.08. The number of furan rings is 1. The second kappa shape index (κ2) is 11.7. The summed E-state index contributed by atoms with van der Waals surface area (Å²) >= 11 is 0. The van der Waals surface area contributed by atoms with E-state index in [9.17, 15) is 0 Å². The SMILES string of the molecule is c1ccc(-c2ccc3ccc4ccc(-c5ccc(-c6cccc7c6nc(-c6ccccc6)c6ccc8oc9ccccc9c8c67)cc5)nc4c3n2)cc1. The summed E-state index contributed by atoms with van der Waals surface area (Å²) in [5.41, 5.74) is 12.7. The van der Waals surface area contributed by atoms with E-state index in [1.54, 1.807) is 0 Å². The summed E-state index contributed by atoms with van der Waals surface area (Å²) in [6.07, 6.45) is 0. The van der Waals surface area contributed by atoms with Crippen LogP contribution in [0.25, 0.3) is 110 Å². The van der Waals surface area contributed by atoms with Crippen molar-refractivity contribution in [3.05, 3.63) is 176 Å². The number of rotatable bonds is 4. The van der Waals surface area contributed by atoms with Gasteiger partial charge in [0.15, 0.2) is 0 Å². The molecule has 0 saturated carbocycles. The molecule has 0 aliphatic heterocycles. The number of aromatic nitrogens is 3. The van der Waals surface area contributed by atoms with E-state index in [-0.39, 0.29) is 0 Å². The molecule has 0 spiro atoms. The van der Waals surface area contributed by atoms with Gasteiger partial charge in [0, 0.05) is 60.0 Å². The lowest BCUT2D eigenvalue weighted by molar-refractivity contribution is 0.669. The minimum atomic E-state index is 0.877. The second-order valence-electron chi connectivity index (χ2n) is 13.5. The Bertz CT molecular complexity index is 3200. The van der Waals surface area contributed by atoms with E-state index in [0.717, 1.165) is 110 Å². The number of nitrogens with zero attached hydrogens (tertiary/aromatic N) is 3. The highest BCUT2D eigenvalue weighted by atomic mass is 16.3. The van der Waals surface area contributed by atoms with Crippen molar-refractivity contribution in [1.82, 2.24) is 15.0 Å². The molecular formula is C49H29N3O. The second-order valence-corrected chi connectivity index (χ2v) is 13.5. The normalized spacial score (nSPS) is 11.8. The van der Waals surface area contributed by atoms with Crippen LogP contribution in [0.5, 0.6) is 0 Å². The number of hydrogen-bond acceptors (Lipinski definition) is 4. The molecule has 0 unspecified atom stereocenters. The molecule has 0 saturated heterocycles. The molecule has 0 N–H and O–H groups in total. The molecule has 0 bridgehead atoms. The van der Waals surface area contributed by atoms with E-state index in [2.05, 4.69) is 140 Å². The summed E-state index contributed by atoms with van der Waals surface area (Å²) in [5, 5.41) is 7.74. The summed E-state index contributed by atoms with van der Waals surface area (Å²) in [4.78, 5) is 15.7. The lowest BCUT2D eigenvalue weighted by Crippen LogP contribution is -1.93. The summed E-state index contributed by atoms with van der Waals surface area (Å²) in [5.74, 6) is 0. The van der Waals surface area contributed by atoms with E-state index in [1.165, 1.54) is 0 Å². The number of hydrogen-bond donors (Lipinski definition) is 0. The van der Waals surface area contributed by atoms with Gasteiger partial charge in [-0.3, -0.25) is 0 Å². The van der Waals surface area contributed by atoms with Gasteiger partial charge in [-0.25, -0.2) is 15.0 Å². The first kappa shape index (κ1) is 29.5. The average molecular weight is 676 g/mol. The highest BCUT2D eigenvalue weighted by Crippen LogP contribution is 2.43. The van der Waals surface area contributed by atoms with Crippen LogP contribution >= 0.6 is 0 Å². The van der Waals surface area contributed by atoms with Gasteiger partial charge in [0.25, 0.3) is 0 Å². The van der Waals surface area contributed by atoms with Crippen molar-refractivity contribution < 1.29 is 4.42 Å². The van der Waals surface area contributed by atoms with Crippen LogP contribution in [0.15, 0.2) is 180 Å². The van der Waals surface area contributed by atoms with Crippen molar-refractivity contribution in [1.29, 1.82) is 0 Å². The molecule has 4 nitrogen and oxygen atoms in total. The third-order valence-electron chi connectivity index (χ3n) is 10.5. The largest absolute Gasteiger partial charge is 0.456 e. The van der Waals surface area contributed by atoms with E-state index in [0.29, 0.717) is 0 Å². The fourth-order valence-electron chi connectivity index (χ4n) is 7.90. The van der Waals surface area contributed by atoms with Crippen LogP contribution in [0.1, 0.15) is 0 Å². The molecule has 0 amide bonds. The maximum absolute atomic E-state index is 6.37. The van der Waals surface area contributed by atoms with Crippen molar-refractivity contribution in [3.8, 4) is 44.9 Å². The third kappa shape index (κ3) is 4.73. The molecule has 0 aliphatic carbocycles. The van der Waals surface area contributed by atoms with Crippen LogP contribution in [0, 0.1) is 0 Å². The zero-order valence-corrected chi connectivity index (χ0v) is 28.5. The van der Waals surface area contributed by atoms with Crippen molar-refractivity contribution in [2.24, 2.45) is 0 Å². The van der Waals surface area contributed by atoms with Crippen molar-refractivity contribution in [2.45, 2.75) is 0 Å². The molecule has 0 radical (unpaired) electrons. The Morgan fingerprint density at radius 1 is 0.321 bits per heavy atom. The molecule has 0 fully saturated rings. The Morgan fingerprint density at radius 2 is 0.906 bits per heavy atom. The molecule has 0 aliphatic rings. The van der Waals surface area contributed by atoms with Crippen LogP contribution < -0.4 is 0 Å². The Kier molecular flexibility index (Phi) is 6.52. The number of benzene rings is 7. The summed E-state index contributed by atoms with van der Waals surface area (Å²) in [6.45, 7) is 0. The van der Waals surface area contributed by atoms with Crippen molar-refractivity contribution in [3.63, 3.8) is 0 Å². The Labute approximate surface area is 304 Å². The first-order valence-corrected chi connectivity index (χ1v) is 17.9. The van der Waals surface area contributed by atoms with E-state index < -0.39 is 0 Å². The van der Waals surface area contributed by atoms with Gasteiger partial charge in [0.2, 0.25) is 0 Å². The first-order valence-electron chi connectivity index (χ1n) is 17.9. The number of fused-ring (bicyclic) bond motifs is 10. The highest BCUT2D eigenvalue weighted by Gasteiger charge is 2.19. The van der Waals surface area contributed by atoms with Crippen LogP contribution in [-0.4, -0.2) is 15.0 Å². The summed E-state index contributed by atoms with van der Waals surface area (Å²) in [6, 6.07) is 61.3. The summed E-state index contributed by atoms with van der Waals surface area (Å²) < 4.78 is 6.37. The lowest BCUT2D eigenvalue weighted by Gasteiger charge is -2.14. The standard InChI is InChI=1S/C49H29N3O/c1-3-10-31(11-4-1)40-27-24-34-22-23-35-25-28-41(51-48(35)47(34)50-40)32-20-18-30(19-21-32)36-15-9-16-38-44-39(46(52-49(36)38)33-12-5-2-6-13-33)26-29-43-45(44)37-14-7-8-17-42(37)53-43/h1-29H. The van der Waals surface area contributed by atoms with Gasteiger partial charge in [0.05, 0.1) is 33.6 Å². The predicted molar refractivity (Wildman–Crippen MR) is 219 cm³/mol. The van der Waals surface area contributed by atoms with Crippen molar-refractivity contribution >= 4 is 65.4 Å². The van der Waals surface area contributed by atoms with Crippen LogP contribution in [-0.2, 0) is 0 Å². The number of para-hydroxylation sites is 2. The van der Waals surface area contributed by atoms with Gasteiger partial charge in [0.1, 0.15) is 11.2 Å². The zero-order chi connectivity index (χ0) is 34.9. The number of pyridine rings is 3. The quantitative estimate of drug-likeness (QED) is 0.174. The van der Waals surface area contributed by atoms with E-state index in [1.807, 2.05) is 36.4 Å². The van der Waals surface area contributed by atoms with Gasteiger partial charge in [-0.05, 0) is 35.9 Å². The Morgan fingerprint density at radius 3 is 1.62 bits per heavy atom. The maximum Gasteiger partial charge on any atom is 0.136 e.